The third kappa shape index (κ3) is 9.47. The van der Waals surface area contributed by atoms with Crippen molar-refractivity contribution in [2.75, 3.05) is 33.2 Å². The molecule has 0 amide bonds. The Bertz CT molecular complexity index is 408. The predicted molar refractivity (Wildman–Crippen MR) is 98.9 cm³/mol. The van der Waals surface area contributed by atoms with Gasteiger partial charge in [-0.05, 0) is 63.0 Å². The van der Waals surface area contributed by atoms with Crippen molar-refractivity contribution >= 4 is 0 Å². The number of nitrogens with one attached hydrogen (secondary N) is 1. The highest BCUT2D eigenvalue weighted by Crippen LogP contribution is 2.06. The molecule has 0 saturated carbocycles. The zero-order chi connectivity index (χ0) is 16.8. The third-order valence-corrected chi connectivity index (χ3v) is 3.90. The molecule has 0 fully saturated rings. The molecule has 0 spiro atoms. The van der Waals surface area contributed by atoms with E-state index >= 15 is 0 Å². The normalized spacial score (nSPS) is 11.7. The summed E-state index contributed by atoms with van der Waals surface area (Å²) in [7, 11) is 1.71. The molecule has 1 N–H and O–H groups in total. The number of nitrogens with zero attached hydrogens (tertiary/aromatic N) is 3. The van der Waals surface area contributed by atoms with Gasteiger partial charge in [-0.15, -0.1) is 0 Å². The summed E-state index contributed by atoms with van der Waals surface area (Å²) in [5.41, 5.74) is 2.55. The molecule has 1 aromatic carbocycles. The van der Waals surface area contributed by atoms with Gasteiger partial charge in [-0.1, -0.05) is 38.1 Å². The molecular weight excluding hydrogens is 284 g/mol. The summed E-state index contributed by atoms with van der Waals surface area (Å²) in [6.45, 7) is 11.0. The van der Waals surface area contributed by atoms with E-state index in [1.54, 1.807) is 7.05 Å². The lowest BCUT2D eigenvalue weighted by atomic mass is 10.1. The zero-order valence-electron chi connectivity index (χ0n) is 15.2. The van der Waals surface area contributed by atoms with Gasteiger partial charge in [0.25, 0.3) is 0 Å². The van der Waals surface area contributed by atoms with Crippen molar-refractivity contribution in [2.24, 2.45) is 10.2 Å². The van der Waals surface area contributed by atoms with Crippen LogP contribution in [0, 0.1) is 0 Å². The Balaban J connectivity index is 2.12. The monoisotopic (exact) mass is 318 g/mol. The lowest BCUT2D eigenvalue weighted by molar-refractivity contribution is 0.268. The maximum Gasteiger partial charge on any atom is 0.0849 e. The summed E-state index contributed by atoms with van der Waals surface area (Å²) in [5.74, 6) is 0. The first kappa shape index (κ1) is 19.8. The Labute approximate surface area is 142 Å². The molecule has 0 atom stereocenters. The van der Waals surface area contributed by atoms with Crippen LogP contribution in [0.2, 0.25) is 0 Å². The Morgan fingerprint density at radius 1 is 0.913 bits per heavy atom. The molecule has 0 aromatic heterocycles. The van der Waals surface area contributed by atoms with Crippen LogP contribution in [-0.2, 0) is 13.1 Å². The van der Waals surface area contributed by atoms with Gasteiger partial charge in [-0.3, -0.25) is 0 Å². The lowest BCUT2D eigenvalue weighted by Crippen LogP contribution is -2.27. The maximum absolute atomic E-state index is 4.01. The summed E-state index contributed by atoms with van der Waals surface area (Å²) in [6, 6.07) is 8.63. The van der Waals surface area contributed by atoms with Crippen LogP contribution >= 0.6 is 0 Å². The van der Waals surface area contributed by atoms with Crippen molar-refractivity contribution in [2.45, 2.75) is 52.6 Å². The van der Waals surface area contributed by atoms with Crippen LogP contribution in [0.4, 0.5) is 0 Å². The van der Waals surface area contributed by atoms with E-state index in [0.29, 0.717) is 6.54 Å². The van der Waals surface area contributed by atoms with Crippen LogP contribution < -0.4 is 5.32 Å². The van der Waals surface area contributed by atoms with Crippen LogP contribution in [0.1, 0.15) is 50.7 Å². The lowest BCUT2D eigenvalue weighted by Gasteiger charge is -2.20. The van der Waals surface area contributed by atoms with Gasteiger partial charge in [0, 0.05) is 13.6 Å². The van der Waals surface area contributed by atoms with Crippen molar-refractivity contribution in [3.63, 3.8) is 0 Å². The highest BCUT2D eigenvalue weighted by molar-refractivity contribution is 5.22. The molecule has 0 bridgehead atoms. The van der Waals surface area contributed by atoms with E-state index in [1.165, 1.54) is 56.4 Å². The Hall–Kier alpha value is -1.26. The molecule has 130 valence electrons. The molecule has 0 radical (unpaired) electrons. The fourth-order valence-electron chi connectivity index (χ4n) is 2.70. The first-order chi connectivity index (χ1) is 11.3. The van der Waals surface area contributed by atoms with Crippen molar-refractivity contribution in [3.05, 3.63) is 35.4 Å². The van der Waals surface area contributed by atoms with E-state index in [0.717, 1.165) is 13.1 Å². The Morgan fingerprint density at radius 3 is 2.17 bits per heavy atom. The fourth-order valence-corrected chi connectivity index (χ4v) is 2.70. The van der Waals surface area contributed by atoms with E-state index < -0.39 is 0 Å². The van der Waals surface area contributed by atoms with Gasteiger partial charge < -0.3 is 10.2 Å². The zero-order valence-corrected chi connectivity index (χ0v) is 15.2. The van der Waals surface area contributed by atoms with E-state index in [-0.39, 0.29) is 0 Å². The number of azo groups is 1. The molecule has 1 rings (SSSR count). The molecule has 0 unspecified atom stereocenters. The molecular formula is C19H34N4. The number of hydrogen-bond acceptors (Lipinski definition) is 4. The van der Waals surface area contributed by atoms with Gasteiger partial charge in [0.05, 0.1) is 6.54 Å². The standard InChI is InChI=1S/C19H34N4/c1-4-13-23(14-5-2)15-7-6-12-21-16-18-8-10-19(11-9-18)17-22-20-3/h8-11,21H,4-7,12-17H2,1-3H3. The Kier molecular flexibility index (Phi) is 11.4. The smallest absolute Gasteiger partial charge is 0.0849 e. The number of unbranched alkanes of at least 4 members (excludes halogenated alkanes) is 1. The molecule has 0 aliphatic rings. The van der Waals surface area contributed by atoms with Gasteiger partial charge in [-0.2, -0.15) is 10.2 Å². The maximum atomic E-state index is 4.01. The number of rotatable bonds is 13. The van der Waals surface area contributed by atoms with Crippen molar-refractivity contribution in [1.29, 1.82) is 0 Å². The number of benzene rings is 1. The van der Waals surface area contributed by atoms with Gasteiger partial charge >= 0.3 is 0 Å². The van der Waals surface area contributed by atoms with E-state index in [2.05, 4.69) is 58.6 Å². The SMILES string of the molecule is CCCN(CCC)CCCCNCc1ccc(CN=NC)cc1. The first-order valence-electron chi connectivity index (χ1n) is 9.06. The van der Waals surface area contributed by atoms with Crippen LogP contribution in [0.15, 0.2) is 34.5 Å². The second-order valence-electron chi connectivity index (χ2n) is 6.04. The predicted octanol–water partition coefficient (Wildman–Crippen LogP) is 4.26. The average Bonchev–Trinajstić information content (AvgIpc) is 2.57. The summed E-state index contributed by atoms with van der Waals surface area (Å²) in [5, 5.41) is 11.3. The average molecular weight is 319 g/mol. The molecule has 4 nitrogen and oxygen atoms in total. The largest absolute Gasteiger partial charge is 0.313 e. The molecule has 0 heterocycles. The topological polar surface area (TPSA) is 40.0 Å². The molecule has 0 saturated heterocycles. The molecule has 0 aliphatic heterocycles. The summed E-state index contributed by atoms with van der Waals surface area (Å²) >= 11 is 0. The van der Waals surface area contributed by atoms with Crippen molar-refractivity contribution < 1.29 is 0 Å². The molecule has 23 heavy (non-hydrogen) atoms. The van der Waals surface area contributed by atoms with E-state index in [1.807, 2.05) is 0 Å². The van der Waals surface area contributed by atoms with Gasteiger partial charge in [0.15, 0.2) is 0 Å². The summed E-state index contributed by atoms with van der Waals surface area (Å²) in [4.78, 5) is 2.59. The van der Waals surface area contributed by atoms with Gasteiger partial charge in [-0.25, -0.2) is 0 Å². The van der Waals surface area contributed by atoms with E-state index in [4.69, 9.17) is 0 Å². The summed E-state index contributed by atoms with van der Waals surface area (Å²) < 4.78 is 0. The second-order valence-corrected chi connectivity index (χ2v) is 6.04. The number of hydrogen-bond donors (Lipinski definition) is 1. The molecule has 4 heteroatoms. The van der Waals surface area contributed by atoms with Gasteiger partial charge in [0.1, 0.15) is 0 Å². The minimum absolute atomic E-state index is 0.677. The minimum atomic E-state index is 0.677. The highest BCUT2D eigenvalue weighted by atomic mass is 15.1. The van der Waals surface area contributed by atoms with Crippen molar-refractivity contribution in [3.8, 4) is 0 Å². The highest BCUT2D eigenvalue weighted by Gasteiger charge is 2.01. The van der Waals surface area contributed by atoms with Crippen LogP contribution in [0.5, 0.6) is 0 Å². The molecule has 0 aliphatic carbocycles. The minimum Gasteiger partial charge on any atom is -0.313 e. The fraction of sp³-hybridized carbons (Fsp3) is 0.684. The van der Waals surface area contributed by atoms with E-state index in [9.17, 15) is 0 Å². The molecule has 1 aromatic rings. The first-order valence-corrected chi connectivity index (χ1v) is 9.06. The van der Waals surface area contributed by atoms with Crippen molar-refractivity contribution in [1.82, 2.24) is 10.2 Å². The van der Waals surface area contributed by atoms with Gasteiger partial charge in [0.2, 0.25) is 0 Å². The second kappa shape index (κ2) is 13.2. The summed E-state index contributed by atoms with van der Waals surface area (Å²) in [6.07, 6.45) is 5.05. The van der Waals surface area contributed by atoms with Crippen LogP contribution in [0.25, 0.3) is 0 Å². The third-order valence-electron chi connectivity index (χ3n) is 3.90. The quantitative estimate of drug-likeness (QED) is 0.436. The Morgan fingerprint density at radius 2 is 1.57 bits per heavy atom. The van der Waals surface area contributed by atoms with Crippen LogP contribution in [0.3, 0.4) is 0 Å². The van der Waals surface area contributed by atoms with Crippen LogP contribution in [-0.4, -0.2) is 38.1 Å².